The van der Waals surface area contributed by atoms with E-state index in [0.29, 0.717) is 6.61 Å². The fraction of sp³-hybridized carbons (Fsp3) is 0.300. The second kappa shape index (κ2) is 4.84. The largest absolute Gasteiger partial charge is 0.444 e. The average Bonchev–Trinajstić information content (AvgIpc) is 2.81. The third-order valence-electron chi connectivity index (χ3n) is 2.03. The summed E-state index contributed by atoms with van der Waals surface area (Å²) in [6.07, 6.45) is 0.289. The lowest BCUT2D eigenvalue weighted by atomic mass is 9.91. The predicted molar refractivity (Wildman–Crippen MR) is 55.0 cm³/mol. The van der Waals surface area contributed by atoms with Gasteiger partial charge >= 0.3 is 6.09 Å². The predicted octanol–water partition coefficient (Wildman–Crippen LogP) is 1.61. The zero-order chi connectivity index (χ0) is 10.5. The molecule has 1 aliphatic rings. The first-order valence-corrected chi connectivity index (χ1v) is 4.82. The van der Waals surface area contributed by atoms with E-state index in [1.165, 1.54) is 0 Å². The van der Waals surface area contributed by atoms with E-state index in [1.807, 2.05) is 30.3 Å². The van der Waals surface area contributed by atoms with Crippen LogP contribution >= 0.6 is 0 Å². The van der Waals surface area contributed by atoms with Gasteiger partial charge in [0.25, 0.3) is 7.41 Å². The molecule has 77 valence electrons. The minimum Gasteiger partial charge on any atom is -0.444 e. The second-order valence-electron chi connectivity index (χ2n) is 3.17. The highest BCUT2D eigenvalue weighted by molar-refractivity contribution is 6.36. The zero-order valence-corrected chi connectivity index (χ0v) is 8.26. The van der Waals surface area contributed by atoms with Crippen molar-refractivity contribution >= 4 is 13.5 Å². The van der Waals surface area contributed by atoms with E-state index in [1.54, 1.807) is 7.41 Å². The average molecular weight is 204 g/mol. The van der Waals surface area contributed by atoms with Gasteiger partial charge in [0.2, 0.25) is 0 Å². The van der Waals surface area contributed by atoms with Crippen LogP contribution in [0.4, 0.5) is 4.79 Å². The van der Waals surface area contributed by atoms with Crippen LogP contribution in [0, 0.1) is 0 Å². The summed E-state index contributed by atoms with van der Waals surface area (Å²) in [6.45, 7) is 0.813. The summed E-state index contributed by atoms with van der Waals surface area (Å²) < 4.78 is 5.04. The molecule has 5 heteroatoms. The molecule has 0 spiro atoms. The van der Waals surface area contributed by atoms with Gasteiger partial charge in [-0.05, 0) is 11.9 Å². The van der Waals surface area contributed by atoms with E-state index >= 15 is 0 Å². The molecule has 2 rings (SSSR count). The lowest BCUT2D eigenvalue weighted by Crippen LogP contribution is -2.29. The quantitative estimate of drug-likeness (QED) is 0.686. The van der Waals surface area contributed by atoms with E-state index in [0.717, 1.165) is 16.9 Å². The number of hydroxylamine groups is 1. The number of ether oxygens (including phenoxy) is 1. The Morgan fingerprint density at radius 2 is 2.27 bits per heavy atom. The number of carbonyl (C=O) groups is 1. The summed E-state index contributed by atoms with van der Waals surface area (Å²) in [7, 11) is 1.67. The van der Waals surface area contributed by atoms with Gasteiger partial charge in [-0.2, -0.15) is 0 Å². The number of hydrogen-bond acceptors (Lipinski definition) is 3. The first kappa shape index (κ1) is 10.0. The maximum Gasteiger partial charge on any atom is 0.420 e. The van der Waals surface area contributed by atoms with Crippen molar-refractivity contribution in [3.05, 3.63) is 35.9 Å². The fourth-order valence-electron chi connectivity index (χ4n) is 1.28. The SMILES string of the molecule is O=C(OCc1ccccc1)N1[B]CCO1. The van der Waals surface area contributed by atoms with Crippen LogP contribution in [0.1, 0.15) is 5.56 Å². The Labute approximate surface area is 89.0 Å². The topological polar surface area (TPSA) is 38.8 Å². The van der Waals surface area contributed by atoms with Crippen LogP contribution in [-0.4, -0.2) is 25.1 Å². The van der Waals surface area contributed by atoms with Crippen LogP contribution in [0.25, 0.3) is 0 Å². The van der Waals surface area contributed by atoms with Crippen molar-refractivity contribution < 1.29 is 14.4 Å². The summed E-state index contributed by atoms with van der Waals surface area (Å²) in [5.41, 5.74) is 0.963. The van der Waals surface area contributed by atoms with Gasteiger partial charge in [-0.25, -0.2) is 9.77 Å². The summed E-state index contributed by atoms with van der Waals surface area (Å²) in [6, 6.07) is 9.54. The van der Waals surface area contributed by atoms with Crippen LogP contribution in [0.15, 0.2) is 30.3 Å². The molecular formula is C10H11BNO3. The van der Waals surface area contributed by atoms with Gasteiger partial charge in [0.05, 0.1) is 6.61 Å². The fourth-order valence-corrected chi connectivity index (χ4v) is 1.28. The van der Waals surface area contributed by atoms with Crippen LogP contribution in [0.5, 0.6) is 0 Å². The van der Waals surface area contributed by atoms with Gasteiger partial charge in [-0.3, -0.25) is 4.84 Å². The molecule has 1 fully saturated rings. The maximum atomic E-state index is 11.4. The van der Waals surface area contributed by atoms with Gasteiger partial charge in [0.15, 0.2) is 0 Å². The summed E-state index contributed by atoms with van der Waals surface area (Å²) in [4.78, 5) is 17.5. The van der Waals surface area contributed by atoms with Crippen LogP contribution in [-0.2, 0) is 16.2 Å². The van der Waals surface area contributed by atoms with E-state index in [4.69, 9.17) is 9.57 Å². The lowest BCUT2D eigenvalue weighted by Gasteiger charge is -2.14. The normalized spacial score (nSPS) is 14.8. The molecule has 15 heavy (non-hydrogen) atoms. The van der Waals surface area contributed by atoms with Crippen molar-refractivity contribution in [1.29, 1.82) is 0 Å². The molecule has 1 aromatic rings. The molecule has 0 bridgehead atoms. The highest BCUT2D eigenvalue weighted by atomic mass is 16.7. The molecule has 0 unspecified atom stereocenters. The van der Waals surface area contributed by atoms with Crippen molar-refractivity contribution in [2.75, 3.05) is 6.61 Å². The summed E-state index contributed by atoms with van der Waals surface area (Å²) in [5.74, 6) is 0. The Morgan fingerprint density at radius 1 is 1.47 bits per heavy atom. The molecule has 0 atom stereocenters. The molecule has 1 saturated heterocycles. The van der Waals surface area contributed by atoms with E-state index in [-0.39, 0.29) is 6.61 Å². The zero-order valence-electron chi connectivity index (χ0n) is 8.26. The monoisotopic (exact) mass is 204 g/mol. The third kappa shape index (κ3) is 2.73. The Hall–Kier alpha value is -1.49. The van der Waals surface area contributed by atoms with Crippen molar-refractivity contribution in [3.8, 4) is 0 Å². The molecule has 1 heterocycles. The highest BCUT2D eigenvalue weighted by Gasteiger charge is 2.21. The van der Waals surface area contributed by atoms with Crippen molar-refractivity contribution in [2.24, 2.45) is 0 Å². The minimum atomic E-state index is -0.462. The number of benzene rings is 1. The van der Waals surface area contributed by atoms with Crippen molar-refractivity contribution in [3.63, 3.8) is 0 Å². The highest BCUT2D eigenvalue weighted by Crippen LogP contribution is 2.07. The molecule has 0 aromatic heterocycles. The molecule has 0 aliphatic carbocycles. The van der Waals surface area contributed by atoms with Crippen molar-refractivity contribution in [2.45, 2.75) is 12.9 Å². The number of rotatable bonds is 2. The van der Waals surface area contributed by atoms with E-state index in [2.05, 4.69) is 0 Å². The minimum absolute atomic E-state index is 0.271. The first-order valence-electron chi connectivity index (χ1n) is 4.82. The Balaban J connectivity index is 1.80. The Bertz CT molecular complexity index is 325. The number of carbonyl (C=O) groups excluding carboxylic acids is 1. The van der Waals surface area contributed by atoms with Gasteiger partial charge in [-0.15, -0.1) is 0 Å². The van der Waals surface area contributed by atoms with Crippen LogP contribution in [0.2, 0.25) is 6.32 Å². The Morgan fingerprint density at radius 3 is 2.93 bits per heavy atom. The van der Waals surface area contributed by atoms with Gasteiger partial charge < -0.3 is 4.74 Å². The first-order chi connectivity index (χ1) is 7.36. The molecular weight excluding hydrogens is 193 g/mol. The number of nitrogens with zero attached hydrogens (tertiary/aromatic N) is 1. The van der Waals surface area contributed by atoms with Gasteiger partial charge in [-0.1, -0.05) is 30.3 Å². The number of hydrogen-bond donors (Lipinski definition) is 0. The van der Waals surface area contributed by atoms with Crippen molar-refractivity contribution in [1.82, 2.24) is 4.97 Å². The molecule has 1 amide bonds. The summed E-state index contributed by atoms with van der Waals surface area (Å²) >= 11 is 0. The molecule has 1 radical (unpaired) electrons. The summed E-state index contributed by atoms with van der Waals surface area (Å²) in [5, 5.41) is 0. The molecule has 0 N–H and O–H groups in total. The van der Waals surface area contributed by atoms with Gasteiger partial charge in [0, 0.05) is 0 Å². The second-order valence-corrected chi connectivity index (χ2v) is 3.17. The molecule has 1 aliphatic heterocycles. The third-order valence-corrected chi connectivity index (χ3v) is 2.03. The van der Waals surface area contributed by atoms with Gasteiger partial charge in [0.1, 0.15) is 6.61 Å². The standard InChI is InChI=1S/C10H11BNO3/c13-10(12-11-6-7-15-12)14-8-9-4-2-1-3-5-9/h1-5H,6-8H2. The van der Waals surface area contributed by atoms with Crippen LogP contribution in [0.3, 0.4) is 0 Å². The lowest BCUT2D eigenvalue weighted by molar-refractivity contribution is -0.0530. The molecule has 4 nitrogen and oxygen atoms in total. The number of amides is 1. The molecule has 1 aromatic carbocycles. The maximum absolute atomic E-state index is 11.4. The smallest absolute Gasteiger partial charge is 0.420 e. The van der Waals surface area contributed by atoms with Crippen LogP contribution < -0.4 is 0 Å². The molecule has 0 saturated carbocycles. The van der Waals surface area contributed by atoms with E-state index < -0.39 is 6.09 Å². The van der Waals surface area contributed by atoms with E-state index in [9.17, 15) is 4.79 Å². The Kier molecular flexibility index (Phi) is 3.24.